The molecule has 0 N–H and O–H groups in total. The number of hydrogen-bond donors (Lipinski definition) is 0. The van der Waals surface area contributed by atoms with Crippen LogP contribution in [0.15, 0.2) is 162 Å². The van der Waals surface area contributed by atoms with Crippen LogP contribution in [0, 0.1) is 0 Å². The van der Waals surface area contributed by atoms with E-state index in [1.54, 1.807) is 0 Å². The third-order valence-electron chi connectivity index (χ3n) is 11.0. The molecule has 12 rings (SSSR count). The third kappa shape index (κ3) is 3.47. The molecule has 0 saturated carbocycles. The number of para-hydroxylation sites is 1. The van der Waals surface area contributed by atoms with Crippen LogP contribution in [0.25, 0.3) is 109 Å². The van der Waals surface area contributed by atoms with Crippen LogP contribution in [0.2, 0.25) is 0 Å². The maximum absolute atomic E-state index is 7.00. The fourth-order valence-electron chi connectivity index (χ4n) is 8.73. The summed E-state index contributed by atoms with van der Waals surface area (Å²) in [6, 6.07) is 57.2. The summed E-state index contributed by atoms with van der Waals surface area (Å²) in [5.41, 5.74) is 8.68. The molecule has 0 atom stereocenters. The quantitative estimate of drug-likeness (QED) is 0.177. The molecule has 1 aliphatic heterocycles. The van der Waals surface area contributed by atoms with Gasteiger partial charge in [0.25, 0.3) is 0 Å². The van der Waals surface area contributed by atoms with Crippen molar-refractivity contribution in [1.82, 2.24) is 0 Å². The van der Waals surface area contributed by atoms with E-state index in [0.717, 1.165) is 60.9 Å². The van der Waals surface area contributed by atoms with E-state index in [4.69, 9.17) is 9.15 Å². The molecule has 230 valence electrons. The molecular formula is C48H26O2. The number of benzene rings is 10. The summed E-state index contributed by atoms with van der Waals surface area (Å²) in [5.74, 6) is 1.78. The lowest BCUT2D eigenvalue weighted by Gasteiger charge is -2.22. The predicted molar refractivity (Wildman–Crippen MR) is 209 cm³/mol. The molecule has 0 saturated heterocycles. The number of furan rings is 1. The van der Waals surface area contributed by atoms with E-state index < -0.39 is 0 Å². The lowest BCUT2D eigenvalue weighted by atomic mass is 9.87. The monoisotopic (exact) mass is 634 g/mol. The van der Waals surface area contributed by atoms with Crippen molar-refractivity contribution in [2.75, 3.05) is 0 Å². The average molecular weight is 635 g/mol. The minimum Gasteiger partial charge on any atom is -0.456 e. The summed E-state index contributed by atoms with van der Waals surface area (Å²) in [5, 5.41) is 14.7. The Morgan fingerprint density at radius 2 is 0.980 bits per heavy atom. The van der Waals surface area contributed by atoms with Crippen LogP contribution in [0.1, 0.15) is 0 Å². The maximum Gasteiger partial charge on any atom is 0.143 e. The second-order valence-electron chi connectivity index (χ2n) is 13.6. The zero-order valence-corrected chi connectivity index (χ0v) is 26.8. The molecule has 1 aromatic heterocycles. The Kier molecular flexibility index (Phi) is 5.00. The molecule has 1 aliphatic rings. The lowest BCUT2D eigenvalue weighted by molar-refractivity contribution is 0.487. The van der Waals surface area contributed by atoms with Crippen LogP contribution in [0.5, 0.6) is 11.5 Å². The Balaban J connectivity index is 1.20. The van der Waals surface area contributed by atoms with Crippen LogP contribution in [0.3, 0.4) is 0 Å². The van der Waals surface area contributed by atoms with Crippen LogP contribution in [-0.2, 0) is 0 Å². The average Bonchev–Trinajstić information content (AvgIpc) is 3.54. The summed E-state index contributed by atoms with van der Waals surface area (Å²) in [6.45, 7) is 0. The largest absolute Gasteiger partial charge is 0.456 e. The molecule has 0 amide bonds. The van der Waals surface area contributed by atoms with Crippen molar-refractivity contribution in [3.05, 3.63) is 158 Å². The van der Waals surface area contributed by atoms with E-state index in [-0.39, 0.29) is 0 Å². The molecule has 0 radical (unpaired) electrons. The van der Waals surface area contributed by atoms with E-state index in [1.807, 2.05) is 6.07 Å². The van der Waals surface area contributed by atoms with E-state index in [2.05, 4.69) is 152 Å². The van der Waals surface area contributed by atoms with E-state index in [0.29, 0.717) is 0 Å². The van der Waals surface area contributed by atoms with Crippen molar-refractivity contribution >= 4 is 75.8 Å². The first-order chi connectivity index (χ1) is 24.8. The lowest BCUT2D eigenvalue weighted by Crippen LogP contribution is -1.97. The van der Waals surface area contributed by atoms with Gasteiger partial charge in [0, 0.05) is 27.3 Å². The van der Waals surface area contributed by atoms with Crippen LogP contribution in [0.4, 0.5) is 0 Å². The molecule has 0 fully saturated rings. The standard InChI is InChI=1S/C48H26O2/c1-2-8-31-26-43-40(24-30(31)7-1)47-38(35-19-17-29-16-15-27-9-5-10-28-18-20-37(35)46(29)44(27)28)22-21-34(48(47)50-43)33-23-32-11-6-14-42-45(32)39(25-33)36-12-3-4-13-41(36)49-42/h1-26H. The summed E-state index contributed by atoms with van der Waals surface area (Å²) < 4.78 is 13.4. The van der Waals surface area contributed by atoms with Crippen molar-refractivity contribution in [2.24, 2.45) is 0 Å². The van der Waals surface area contributed by atoms with Crippen molar-refractivity contribution in [2.45, 2.75) is 0 Å². The van der Waals surface area contributed by atoms with Crippen LogP contribution >= 0.6 is 0 Å². The summed E-state index contributed by atoms with van der Waals surface area (Å²) in [4.78, 5) is 0. The highest BCUT2D eigenvalue weighted by Gasteiger charge is 2.24. The number of hydrogen-bond acceptors (Lipinski definition) is 2. The van der Waals surface area contributed by atoms with Gasteiger partial charge in [-0.2, -0.15) is 0 Å². The summed E-state index contributed by atoms with van der Waals surface area (Å²) >= 11 is 0. The zero-order chi connectivity index (χ0) is 32.5. The molecule has 2 heteroatoms. The molecule has 2 heterocycles. The normalized spacial score (nSPS) is 12.6. The summed E-state index contributed by atoms with van der Waals surface area (Å²) in [6.07, 6.45) is 0. The number of rotatable bonds is 2. The molecular weight excluding hydrogens is 609 g/mol. The molecule has 2 nitrogen and oxygen atoms in total. The molecule has 0 unspecified atom stereocenters. The van der Waals surface area contributed by atoms with Crippen molar-refractivity contribution in [3.8, 4) is 44.9 Å². The molecule has 0 spiro atoms. The molecule has 0 aliphatic carbocycles. The maximum atomic E-state index is 7.00. The second-order valence-corrected chi connectivity index (χ2v) is 13.6. The Labute approximate surface area is 286 Å². The van der Waals surface area contributed by atoms with Gasteiger partial charge in [-0.15, -0.1) is 0 Å². The van der Waals surface area contributed by atoms with Gasteiger partial charge < -0.3 is 9.15 Å². The minimum atomic E-state index is 0.884. The predicted octanol–water partition coefficient (Wildman–Crippen LogP) is 13.9. The SMILES string of the molecule is c1ccc2c(c1)Oc1cccc3cc(-c4ccc(-c5ccc6ccc7cccc8ccc5c6c78)c5c4oc4cc6ccccc6cc45)cc-2c13. The van der Waals surface area contributed by atoms with E-state index in [9.17, 15) is 0 Å². The fourth-order valence-corrected chi connectivity index (χ4v) is 8.73. The Bertz CT molecular complexity index is 3220. The first kappa shape index (κ1) is 26.3. The van der Waals surface area contributed by atoms with Crippen molar-refractivity contribution in [3.63, 3.8) is 0 Å². The minimum absolute atomic E-state index is 0.884. The molecule has 10 aromatic carbocycles. The summed E-state index contributed by atoms with van der Waals surface area (Å²) in [7, 11) is 0. The first-order valence-corrected chi connectivity index (χ1v) is 17.2. The highest BCUT2D eigenvalue weighted by atomic mass is 16.5. The Morgan fingerprint density at radius 1 is 0.320 bits per heavy atom. The second kappa shape index (κ2) is 9.49. The first-order valence-electron chi connectivity index (χ1n) is 17.2. The van der Waals surface area contributed by atoms with E-state index in [1.165, 1.54) is 59.8 Å². The van der Waals surface area contributed by atoms with Gasteiger partial charge in [-0.25, -0.2) is 0 Å². The van der Waals surface area contributed by atoms with E-state index >= 15 is 0 Å². The van der Waals surface area contributed by atoms with Gasteiger partial charge in [-0.3, -0.25) is 0 Å². The zero-order valence-electron chi connectivity index (χ0n) is 26.8. The third-order valence-corrected chi connectivity index (χ3v) is 11.0. The van der Waals surface area contributed by atoms with Gasteiger partial charge in [0.2, 0.25) is 0 Å². The fraction of sp³-hybridized carbons (Fsp3) is 0. The van der Waals surface area contributed by atoms with Gasteiger partial charge in [-0.1, -0.05) is 115 Å². The number of fused-ring (bicyclic) bond motifs is 6. The van der Waals surface area contributed by atoms with Crippen molar-refractivity contribution in [1.29, 1.82) is 0 Å². The van der Waals surface area contributed by atoms with Crippen molar-refractivity contribution < 1.29 is 9.15 Å². The highest BCUT2D eigenvalue weighted by molar-refractivity contribution is 6.28. The van der Waals surface area contributed by atoms with Crippen LogP contribution < -0.4 is 4.74 Å². The Hall–Kier alpha value is -6.64. The smallest absolute Gasteiger partial charge is 0.143 e. The Morgan fingerprint density at radius 3 is 1.88 bits per heavy atom. The molecule has 50 heavy (non-hydrogen) atoms. The van der Waals surface area contributed by atoms with Gasteiger partial charge in [0.1, 0.15) is 22.7 Å². The highest BCUT2D eigenvalue weighted by Crippen LogP contribution is 2.50. The topological polar surface area (TPSA) is 22.4 Å². The van der Waals surface area contributed by atoms with Crippen LogP contribution in [-0.4, -0.2) is 0 Å². The van der Waals surface area contributed by atoms with Gasteiger partial charge in [-0.05, 0) is 113 Å². The number of ether oxygens (including phenoxy) is 1. The molecule has 0 bridgehead atoms. The van der Waals surface area contributed by atoms with Gasteiger partial charge in [0.15, 0.2) is 0 Å². The van der Waals surface area contributed by atoms with Gasteiger partial charge >= 0.3 is 0 Å². The molecule has 11 aromatic rings. The van der Waals surface area contributed by atoms with Gasteiger partial charge in [0.05, 0.1) is 0 Å².